The van der Waals surface area contributed by atoms with Gasteiger partial charge in [0.2, 0.25) is 15.9 Å². The third-order valence-corrected chi connectivity index (χ3v) is 8.19. The van der Waals surface area contributed by atoms with Gasteiger partial charge >= 0.3 is 0 Å². The maximum Gasteiger partial charge on any atom is 0.246 e. The zero-order valence-corrected chi connectivity index (χ0v) is 21.1. The number of piperazine rings is 1. The third kappa shape index (κ3) is 5.56. The first-order valence-electron chi connectivity index (χ1n) is 11.6. The molecule has 3 aromatic carbocycles. The molecule has 1 amide bonds. The average molecular weight is 494 g/mol. The molecule has 8 heteroatoms. The lowest BCUT2D eigenvalue weighted by molar-refractivity contribution is -0.122. The first-order valence-corrected chi connectivity index (χ1v) is 13.0. The minimum Gasteiger partial charge on any atom is -0.495 e. The maximum absolute atomic E-state index is 13.6. The molecule has 1 heterocycles. The van der Waals surface area contributed by atoms with Crippen LogP contribution in [0.4, 0.5) is 5.69 Å². The van der Waals surface area contributed by atoms with Crippen LogP contribution in [0.5, 0.6) is 5.75 Å². The maximum atomic E-state index is 13.6. The molecule has 1 N–H and O–H groups in total. The quantitative estimate of drug-likeness (QED) is 0.538. The minimum atomic E-state index is -3.59. The van der Waals surface area contributed by atoms with Crippen LogP contribution >= 0.6 is 0 Å². The van der Waals surface area contributed by atoms with Crippen LogP contribution < -0.4 is 10.1 Å². The molecule has 7 nitrogen and oxygen atoms in total. The van der Waals surface area contributed by atoms with E-state index in [1.165, 1.54) is 4.31 Å². The first kappa shape index (κ1) is 24.9. The van der Waals surface area contributed by atoms with E-state index in [2.05, 4.69) is 5.32 Å². The monoisotopic (exact) mass is 493 g/mol. The highest BCUT2D eigenvalue weighted by Crippen LogP contribution is 2.30. The Morgan fingerprint density at radius 2 is 1.51 bits per heavy atom. The molecular weight excluding hydrogens is 462 g/mol. The van der Waals surface area contributed by atoms with Gasteiger partial charge in [0.15, 0.2) is 0 Å². The van der Waals surface area contributed by atoms with E-state index in [0.717, 1.165) is 16.7 Å². The molecule has 1 fully saturated rings. The van der Waals surface area contributed by atoms with Crippen molar-refractivity contribution in [2.24, 2.45) is 0 Å². The normalized spacial score (nSPS) is 16.0. The molecule has 0 unspecified atom stereocenters. The Morgan fingerprint density at radius 3 is 2.14 bits per heavy atom. The number of ether oxygens (including phenoxy) is 1. The van der Waals surface area contributed by atoms with Crippen molar-refractivity contribution in [3.8, 4) is 5.75 Å². The standard InChI is InChI=1S/C27H31N3O4S/c1-20-9-12-23(13-10-20)35(32,33)30-17-15-29(16-18-30)26(22-7-5-4-6-8-22)27(31)28-24-19-21(2)11-14-25(24)34-3/h4-14,19,26H,15-18H2,1-3H3,(H,28,31)/t26-/m1/s1. The van der Waals surface area contributed by atoms with Gasteiger partial charge in [-0.2, -0.15) is 4.31 Å². The molecule has 1 atom stereocenters. The summed E-state index contributed by atoms with van der Waals surface area (Å²) in [5.74, 6) is 0.403. The summed E-state index contributed by atoms with van der Waals surface area (Å²) in [6.07, 6.45) is 0. The van der Waals surface area contributed by atoms with E-state index in [9.17, 15) is 13.2 Å². The van der Waals surface area contributed by atoms with E-state index >= 15 is 0 Å². The molecular formula is C27H31N3O4S. The summed E-state index contributed by atoms with van der Waals surface area (Å²) in [4.78, 5) is 15.9. The summed E-state index contributed by atoms with van der Waals surface area (Å²) in [7, 11) is -2.01. The predicted octanol–water partition coefficient (Wildman–Crippen LogP) is 4.00. The number of hydrogen-bond acceptors (Lipinski definition) is 5. The molecule has 3 aromatic rings. The number of benzene rings is 3. The fourth-order valence-electron chi connectivity index (χ4n) is 4.35. The molecule has 0 radical (unpaired) electrons. The lowest BCUT2D eigenvalue weighted by atomic mass is 10.0. The van der Waals surface area contributed by atoms with Crippen LogP contribution in [0.25, 0.3) is 0 Å². The Kier molecular flexibility index (Phi) is 7.54. The number of nitrogens with zero attached hydrogens (tertiary/aromatic N) is 2. The number of aryl methyl sites for hydroxylation is 2. The Hall–Kier alpha value is -3.20. The van der Waals surface area contributed by atoms with Crippen molar-refractivity contribution in [2.75, 3.05) is 38.6 Å². The zero-order chi connectivity index (χ0) is 25.0. The summed E-state index contributed by atoms with van der Waals surface area (Å²) < 4.78 is 33.2. The van der Waals surface area contributed by atoms with E-state index in [-0.39, 0.29) is 5.91 Å². The van der Waals surface area contributed by atoms with Gasteiger partial charge in [0.05, 0.1) is 17.7 Å². The lowest BCUT2D eigenvalue weighted by Gasteiger charge is -2.38. The molecule has 35 heavy (non-hydrogen) atoms. The number of amides is 1. The van der Waals surface area contributed by atoms with Gasteiger partial charge in [-0.25, -0.2) is 8.42 Å². The number of anilines is 1. The topological polar surface area (TPSA) is 79.0 Å². The smallest absolute Gasteiger partial charge is 0.246 e. The molecule has 0 aliphatic carbocycles. The van der Waals surface area contributed by atoms with Crippen LogP contribution in [-0.4, -0.2) is 56.8 Å². The number of rotatable bonds is 7. The molecule has 1 aliphatic rings. The Balaban J connectivity index is 1.55. The average Bonchev–Trinajstić information content (AvgIpc) is 2.86. The number of hydrogen-bond donors (Lipinski definition) is 1. The number of carbonyl (C=O) groups is 1. The fourth-order valence-corrected chi connectivity index (χ4v) is 5.77. The second kappa shape index (κ2) is 10.6. The molecule has 0 saturated carbocycles. The molecule has 1 saturated heterocycles. The highest BCUT2D eigenvalue weighted by atomic mass is 32.2. The Labute approximate surface area is 207 Å². The second-order valence-corrected chi connectivity index (χ2v) is 10.7. The largest absolute Gasteiger partial charge is 0.495 e. The van der Waals surface area contributed by atoms with Crippen molar-refractivity contribution >= 4 is 21.6 Å². The highest BCUT2D eigenvalue weighted by molar-refractivity contribution is 7.89. The van der Waals surface area contributed by atoms with E-state index < -0.39 is 16.1 Å². The second-order valence-electron chi connectivity index (χ2n) is 8.76. The SMILES string of the molecule is COc1ccc(C)cc1NC(=O)[C@@H](c1ccccc1)N1CCN(S(=O)(=O)c2ccc(C)cc2)CC1. The summed E-state index contributed by atoms with van der Waals surface area (Å²) >= 11 is 0. The van der Waals surface area contributed by atoms with Crippen molar-refractivity contribution < 1.29 is 17.9 Å². The van der Waals surface area contributed by atoms with Crippen LogP contribution in [0.3, 0.4) is 0 Å². The molecule has 184 valence electrons. The first-order chi connectivity index (χ1) is 16.8. The summed E-state index contributed by atoms with van der Waals surface area (Å²) in [5.41, 5.74) is 3.48. The van der Waals surface area contributed by atoms with Crippen molar-refractivity contribution in [1.82, 2.24) is 9.21 Å². The molecule has 0 bridgehead atoms. The van der Waals surface area contributed by atoms with E-state index in [1.807, 2.05) is 67.3 Å². The number of sulfonamides is 1. The molecule has 0 aromatic heterocycles. The van der Waals surface area contributed by atoms with Crippen LogP contribution in [0.15, 0.2) is 77.7 Å². The van der Waals surface area contributed by atoms with Gasteiger partial charge in [-0.05, 0) is 49.2 Å². The van der Waals surface area contributed by atoms with Crippen LogP contribution in [0.2, 0.25) is 0 Å². The highest BCUT2D eigenvalue weighted by Gasteiger charge is 2.34. The van der Waals surface area contributed by atoms with Crippen molar-refractivity contribution in [1.29, 1.82) is 0 Å². The number of methoxy groups -OCH3 is 1. The fraction of sp³-hybridized carbons (Fsp3) is 0.296. The van der Waals surface area contributed by atoms with Gasteiger partial charge in [0.25, 0.3) is 0 Å². The minimum absolute atomic E-state index is 0.185. The summed E-state index contributed by atoms with van der Waals surface area (Å²) in [5, 5.41) is 3.03. The van der Waals surface area contributed by atoms with Crippen molar-refractivity contribution in [3.63, 3.8) is 0 Å². The molecule has 1 aliphatic heterocycles. The molecule has 4 rings (SSSR count). The van der Waals surface area contributed by atoms with Crippen LogP contribution in [-0.2, 0) is 14.8 Å². The number of carbonyl (C=O) groups excluding carboxylic acids is 1. The third-order valence-electron chi connectivity index (χ3n) is 6.27. The van der Waals surface area contributed by atoms with Crippen LogP contribution in [0, 0.1) is 13.8 Å². The van der Waals surface area contributed by atoms with E-state index in [0.29, 0.717) is 42.5 Å². The van der Waals surface area contributed by atoms with Gasteiger partial charge in [0, 0.05) is 26.2 Å². The summed E-state index contributed by atoms with van der Waals surface area (Å²) in [6.45, 7) is 5.36. The molecule has 0 spiro atoms. The van der Waals surface area contributed by atoms with E-state index in [4.69, 9.17) is 4.74 Å². The predicted molar refractivity (Wildman–Crippen MR) is 137 cm³/mol. The van der Waals surface area contributed by atoms with Crippen molar-refractivity contribution in [2.45, 2.75) is 24.8 Å². The van der Waals surface area contributed by atoms with E-state index in [1.54, 1.807) is 31.4 Å². The van der Waals surface area contributed by atoms with Crippen LogP contribution in [0.1, 0.15) is 22.7 Å². The lowest BCUT2D eigenvalue weighted by Crippen LogP contribution is -2.51. The number of nitrogens with one attached hydrogen (secondary N) is 1. The van der Waals surface area contributed by atoms with Crippen molar-refractivity contribution in [3.05, 3.63) is 89.5 Å². The Morgan fingerprint density at radius 1 is 0.886 bits per heavy atom. The van der Waals surface area contributed by atoms with Gasteiger partial charge in [-0.15, -0.1) is 0 Å². The summed E-state index contributed by atoms with van der Waals surface area (Å²) in [6, 6.07) is 21.5. The van der Waals surface area contributed by atoms with Gasteiger partial charge < -0.3 is 10.1 Å². The van der Waals surface area contributed by atoms with Gasteiger partial charge in [0.1, 0.15) is 11.8 Å². The van der Waals surface area contributed by atoms with Gasteiger partial charge in [-0.1, -0.05) is 54.1 Å². The zero-order valence-electron chi connectivity index (χ0n) is 20.3. The Bertz CT molecular complexity index is 1270. The van der Waals surface area contributed by atoms with Gasteiger partial charge in [-0.3, -0.25) is 9.69 Å².